The molecule has 0 aliphatic heterocycles. The standard InChI is InChI=1S/C35H40N4O4/c1-34(2,3)25-15-12-22(13-16-25)23-14-17-29(27(18-23)32(40)42-7)38-31(20-36)30(39-33(41)43-35(4,5)6)19-24-21-37-28-11-9-8-10-26(24)28/h8-18,21,30-31,37-38H,19H2,1-7H3,(H,39,41)/t30-,31?/m0/s1. The lowest BCUT2D eigenvalue weighted by Crippen LogP contribution is -2.49. The Morgan fingerprint density at radius 3 is 2.26 bits per heavy atom. The van der Waals surface area contributed by atoms with Crippen LogP contribution in [0.25, 0.3) is 22.0 Å². The van der Waals surface area contributed by atoms with Gasteiger partial charge in [0.15, 0.2) is 0 Å². The average molecular weight is 581 g/mol. The van der Waals surface area contributed by atoms with Crippen LogP contribution in [0.2, 0.25) is 0 Å². The van der Waals surface area contributed by atoms with Crippen molar-refractivity contribution in [1.29, 1.82) is 5.26 Å². The summed E-state index contributed by atoms with van der Waals surface area (Å²) in [5, 5.41) is 17.4. The molecule has 0 bridgehead atoms. The molecule has 2 atom stereocenters. The van der Waals surface area contributed by atoms with E-state index in [1.165, 1.54) is 12.7 Å². The number of benzene rings is 3. The van der Waals surface area contributed by atoms with Crippen LogP contribution in [-0.2, 0) is 21.3 Å². The van der Waals surface area contributed by atoms with Crippen molar-refractivity contribution >= 4 is 28.7 Å². The van der Waals surface area contributed by atoms with Crippen molar-refractivity contribution in [1.82, 2.24) is 10.3 Å². The SMILES string of the molecule is COC(=O)c1cc(-c2ccc(C(C)(C)C)cc2)ccc1NC(C#N)[C@H](Cc1c[nH]c2ccccc12)NC(=O)OC(C)(C)C. The van der Waals surface area contributed by atoms with Gasteiger partial charge >= 0.3 is 12.1 Å². The lowest BCUT2D eigenvalue weighted by Gasteiger charge is -2.27. The van der Waals surface area contributed by atoms with Crippen LogP contribution in [0.3, 0.4) is 0 Å². The number of carbonyl (C=O) groups is 2. The van der Waals surface area contributed by atoms with Gasteiger partial charge in [0.1, 0.15) is 11.6 Å². The van der Waals surface area contributed by atoms with E-state index in [2.05, 4.69) is 54.6 Å². The van der Waals surface area contributed by atoms with Crippen molar-refractivity contribution < 1.29 is 19.1 Å². The van der Waals surface area contributed by atoms with Crippen LogP contribution in [0.1, 0.15) is 63.0 Å². The number of hydrogen-bond donors (Lipinski definition) is 3. The van der Waals surface area contributed by atoms with E-state index in [4.69, 9.17) is 9.47 Å². The van der Waals surface area contributed by atoms with Gasteiger partial charge in [0.25, 0.3) is 0 Å². The Hall–Kier alpha value is -4.77. The number of nitrogens with one attached hydrogen (secondary N) is 3. The summed E-state index contributed by atoms with van der Waals surface area (Å²) in [7, 11) is 1.32. The molecular weight excluding hydrogens is 540 g/mol. The van der Waals surface area contributed by atoms with Gasteiger partial charge in [-0.1, -0.05) is 69.3 Å². The van der Waals surface area contributed by atoms with E-state index < -0.39 is 29.7 Å². The number of amides is 1. The van der Waals surface area contributed by atoms with E-state index in [1.54, 1.807) is 32.9 Å². The third-order valence-electron chi connectivity index (χ3n) is 7.18. The van der Waals surface area contributed by atoms with Gasteiger partial charge in [-0.2, -0.15) is 5.26 Å². The Labute approximate surface area is 253 Å². The van der Waals surface area contributed by atoms with Gasteiger partial charge in [-0.05, 0) is 73.1 Å². The Bertz CT molecular complexity index is 1640. The molecule has 1 heterocycles. The third-order valence-corrected chi connectivity index (χ3v) is 7.18. The molecule has 0 fully saturated rings. The van der Waals surface area contributed by atoms with Crippen LogP contribution in [0.15, 0.2) is 72.9 Å². The number of para-hydroxylation sites is 1. The fourth-order valence-electron chi connectivity index (χ4n) is 4.93. The second-order valence-electron chi connectivity index (χ2n) is 12.6. The molecule has 8 nitrogen and oxygen atoms in total. The molecule has 0 radical (unpaired) electrons. The second kappa shape index (κ2) is 12.6. The molecule has 4 rings (SSSR count). The molecule has 0 aliphatic rings. The van der Waals surface area contributed by atoms with Gasteiger partial charge in [-0.25, -0.2) is 9.59 Å². The minimum atomic E-state index is -0.915. The van der Waals surface area contributed by atoms with Crippen LogP contribution in [0, 0.1) is 11.3 Å². The highest BCUT2D eigenvalue weighted by atomic mass is 16.6. The van der Waals surface area contributed by atoms with E-state index in [0.29, 0.717) is 12.1 Å². The predicted octanol–water partition coefficient (Wildman–Crippen LogP) is 7.36. The van der Waals surface area contributed by atoms with E-state index in [1.807, 2.05) is 48.7 Å². The Morgan fingerprint density at radius 2 is 1.63 bits per heavy atom. The highest BCUT2D eigenvalue weighted by Gasteiger charge is 2.29. The van der Waals surface area contributed by atoms with E-state index >= 15 is 0 Å². The molecule has 8 heteroatoms. The maximum Gasteiger partial charge on any atom is 0.407 e. The summed E-state index contributed by atoms with van der Waals surface area (Å²) in [6, 6.07) is 22.2. The number of aromatic amines is 1. The normalized spacial score (nSPS) is 13.1. The number of aromatic nitrogens is 1. The van der Waals surface area contributed by atoms with Crippen molar-refractivity contribution in [2.75, 3.05) is 12.4 Å². The summed E-state index contributed by atoms with van der Waals surface area (Å²) in [6.45, 7) is 11.8. The van der Waals surface area contributed by atoms with Gasteiger partial charge in [-0.15, -0.1) is 0 Å². The van der Waals surface area contributed by atoms with Gasteiger partial charge in [0.05, 0.1) is 24.8 Å². The molecule has 3 aromatic carbocycles. The van der Waals surface area contributed by atoms with Gasteiger partial charge < -0.3 is 25.1 Å². The maximum atomic E-state index is 12.9. The minimum Gasteiger partial charge on any atom is -0.465 e. The maximum absolute atomic E-state index is 12.9. The smallest absolute Gasteiger partial charge is 0.407 e. The van der Waals surface area contributed by atoms with Crippen molar-refractivity contribution in [2.24, 2.45) is 0 Å². The number of ether oxygens (including phenoxy) is 2. The predicted molar refractivity (Wildman–Crippen MR) is 170 cm³/mol. The van der Waals surface area contributed by atoms with Gasteiger partial charge in [-0.3, -0.25) is 0 Å². The Morgan fingerprint density at radius 1 is 0.953 bits per heavy atom. The number of alkyl carbamates (subject to hydrolysis) is 1. The van der Waals surface area contributed by atoms with E-state index in [0.717, 1.165) is 27.6 Å². The number of hydrogen-bond acceptors (Lipinski definition) is 6. The summed E-state index contributed by atoms with van der Waals surface area (Å²) in [6.07, 6.45) is 1.57. The Balaban J connectivity index is 1.67. The summed E-state index contributed by atoms with van der Waals surface area (Å²) in [5.41, 5.74) is 4.88. The molecule has 0 saturated carbocycles. The number of rotatable bonds is 8. The zero-order chi connectivity index (χ0) is 31.4. The summed E-state index contributed by atoms with van der Waals surface area (Å²) in [4.78, 5) is 29.1. The zero-order valence-corrected chi connectivity index (χ0v) is 25.9. The number of fused-ring (bicyclic) bond motifs is 1. The lowest BCUT2D eigenvalue weighted by molar-refractivity contribution is 0.0501. The molecule has 1 aromatic heterocycles. The van der Waals surface area contributed by atoms with Gasteiger partial charge in [0.2, 0.25) is 0 Å². The highest BCUT2D eigenvalue weighted by Crippen LogP contribution is 2.30. The lowest BCUT2D eigenvalue weighted by atomic mass is 9.86. The number of H-pyrrole nitrogens is 1. The van der Waals surface area contributed by atoms with Crippen LogP contribution in [-0.4, -0.2) is 41.8 Å². The summed E-state index contributed by atoms with van der Waals surface area (Å²) >= 11 is 0. The molecule has 4 aromatic rings. The van der Waals surface area contributed by atoms with Crippen molar-refractivity contribution in [3.63, 3.8) is 0 Å². The first-order chi connectivity index (χ1) is 20.3. The third kappa shape index (κ3) is 7.75. The number of anilines is 1. The average Bonchev–Trinajstić information content (AvgIpc) is 3.36. The van der Waals surface area contributed by atoms with Crippen LogP contribution in [0.4, 0.5) is 10.5 Å². The van der Waals surface area contributed by atoms with Crippen LogP contribution in [0.5, 0.6) is 0 Å². The zero-order valence-electron chi connectivity index (χ0n) is 25.9. The molecule has 224 valence electrons. The fraction of sp³-hybridized carbons (Fsp3) is 0.343. The van der Waals surface area contributed by atoms with Crippen molar-refractivity contribution in [2.45, 2.75) is 71.1 Å². The highest BCUT2D eigenvalue weighted by molar-refractivity contribution is 5.97. The summed E-state index contributed by atoms with van der Waals surface area (Å²) in [5.74, 6) is -0.541. The molecule has 0 spiro atoms. The minimum absolute atomic E-state index is 0.0202. The number of esters is 1. The van der Waals surface area contributed by atoms with E-state index in [9.17, 15) is 14.9 Å². The molecular formula is C35H40N4O4. The molecule has 1 amide bonds. The first-order valence-corrected chi connectivity index (χ1v) is 14.3. The molecule has 1 unspecified atom stereocenters. The van der Waals surface area contributed by atoms with Crippen LogP contribution < -0.4 is 10.6 Å². The largest absolute Gasteiger partial charge is 0.465 e. The molecule has 0 saturated heterocycles. The van der Waals surface area contributed by atoms with Crippen molar-refractivity contribution in [3.05, 3.63) is 89.6 Å². The van der Waals surface area contributed by atoms with Crippen molar-refractivity contribution in [3.8, 4) is 17.2 Å². The second-order valence-corrected chi connectivity index (χ2v) is 12.6. The first-order valence-electron chi connectivity index (χ1n) is 14.3. The monoisotopic (exact) mass is 580 g/mol. The van der Waals surface area contributed by atoms with E-state index in [-0.39, 0.29) is 11.0 Å². The number of carbonyl (C=O) groups excluding carboxylic acids is 2. The number of nitriles is 1. The number of nitrogens with zero attached hydrogens (tertiary/aromatic N) is 1. The molecule has 3 N–H and O–H groups in total. The van der Waals surface area contributed by atoms with Crippen LogP contribution >= 0.6 is 0 Å². The molecule has 43 heavy (non-hydrogen) atoms. The first kappa shape index (κ1) is 31.2. The fourth-order valence-corrected chi connectivity index (χ4v) is 4.93. The molecule has 0 aliphatic carbocycles. The quantitative estimate of drug-likeness (QED) is 0.188. The number of methoxy groups -OCH3 is 1. The topological polar surface area (TPSA) is 116 Å². The Kier molecular flexibility index (Phi) is 9.15. The van der Waals surface area contributed by atoms with Gasteiger partial charge in [0, 0.05) is 22.8 Å². The summed E-state index contributed by atoms with van der Waals surface area (Å²) < 4.78 is 10.6.